The minimum atomic E-state index is -4.81. The molecule has 0 bridgehead atoms. The van der Waals surface area contributed by atoms with Gasteiger partial charge in [0, 0.05) is 75.2 Å². The first-order chi connectivity index (χ1) is 24.6. The summed E-state index contributed by atoms with van der Waals surface area (Å²) in [6.45, 7) is 6.90. The number of aromatic nitrogens is 2. The van der Waals surface area contributed by atoms with Crippen molar-refractivity contribution in [2.24, 2.45) is 0 Å². The number of sulfonamides is 1. The topological polar surface area (TPSA) is 157 Å². The van der Waals surface area contributed by atoms with E-state index in [1.807, 2.05) is 0 Å². The standard InChI is InChI=1S/C34H46F5N7O6S/c1-21-15-23(18-33(36)10-9-22(16-27(33)35)40-19-28(47)34(37,38)39)42-30(41-21)44-11-13-45(14-12-44)53(50,51)26-7-5-25(6-8-26)46-20-24(17-29(46)48)43-31(49)52-32(2,3)4/h5-8,15,22,24,27-28,40,47H,9-14,16-20H2,1-4H3,(H,43,49)/t22-,24-,27-,28-,33-/m1/s1. The molecule has 1 aromatic heterocycles. The highest BCUT2D eigenvalue weighted by Gasteiger charge is 2.46. The molecule has 0 radical (unpaired) electrons. The Morgan fingerprint density at radius 2 is 1.75 bits per heavy atom. The predicted molar refractivity (Wildman–Crippen MR) is 184 cm³/mol. The lowest BCUT2D eigenvalue weighted by molar-refractivity contribution is -0.202. The van der Waals surface area contributed by atoms with Gasteiger partial charge in [0.2, 0.25) is 21.9 Å². The molecule has 3 aliphatic rings. The second-order valence-electron chi connectivity index (χ2n) is 14.9. The average molecular weight is 776 g/mol. The van der Waals surface area contributed by atoms with Crippen LogP contribution in [0.25, 0.3) is 0 Å². The van der Waals surface area contributed by atoms with Crippen molar-refractivity contribution in [3.05, 3.63) is 41.7 Å². The van der Waals surface area contributed by atoms with Gasteiger partial charge in [-0.15, -0.1) is 0 Å². The molecule has 1 saturated carbocycles. The third-order valence-electron chi connectivity index (χ3n) is 9.46. The fourth-order valence-corrected chi connectivity index (χ4v) is 8.10. The molecule has 13 nitrogen and oxygen atoms in total. The molecule has 294 valence electrons. The fourth-order valence-electron chi connectivity index (χ4n) is 6.68. The Morgan fingerprint density at radius 1 is 1.09 bits per heavy atom. The van der Waals surface area contributed by atoms with Crippen molar-refractivity contribution in [1.29, 1.82) is 0 Å². The van der Waals surface area contributed by atoms with E-state index in [2.05, 4.69) is 20.6 Å². The number of aryl methyl sites for hydroxylation is 1. The third-order valence-corrected chi connectivity index (χ3v) is 11.4. The number of rotatable bonds is 10. The molecule has 53 heavy (non-hydrogen) atoms. The van der Waals surface area contributed by atoms with Gasteiger partial charge in [0.25, 0.3) is 0 Å². The quantitative estimate of drug-likeness (QED) is 0.305. The summed E-state index contributed by atoms with van der Waals surface area (Å²) >= 11 is 0. The van der Waals surface area contributed by atoms with Gasteiger partial charge in [-0.25, -0.2) is 32.0 Å². The van der Waals surface area contributed by atoms with Crippen LogP contribution in [0.4, 0.5) is 38.4 Å². The van der Waals surface area contributed by atoms with Gasteiger partial charge in [0.05, 0.1) is 10.9 Å². The number of benzene rings is 1. The molecule has 19 heteroatoms. The number of alkyl carbamates (subject to hydrolysis) is 1. The van der Waals surface area contributed by atoms with E-state index >= 15 is 8.78 Å². The number of carbonyl (C=O) groups excluding carboxylic acids is 2. The largest absolute Gasteiger partial charge is 0.444 e. The number of carbonyl (C=O) groups is 2. The van der Waals surface area contributed by atoms with Gasteiger partial charge in [-0.3, -0.25) is 4.79 Å². The molecule has 3 N–H and O–H groups in total. The van der Waals surface area contributed by atoms with E-state index in [-0.39, 0.29) is 87.3 Å². The van der Waals surface area contributed by atoms with Gasteiger partial charge in [-0.2, -0.15) is 17.5 Å². The minimum Gasteiger partial charge on any atom is -0.444 e. The highest BCUT2D eigenvalue weighted by Crippen LogP contribution is 2.38. The lowest BCUT2D eigenvalue weighted by Gasteiger charge is -2.38. The van der Waals surface area contributed by atoms with E-state index in [4.69, 9.17) is 4.74 Å². The Balaban J connectivity index is 1.15. The summed E-state index contributed by atoms with van der Waals surface area (Å²) in [7, 11) is -3.91. The van der Waals surface area contributed by atoms with E-state index in [9.17, 15) is 36.3 Å². The van der Waals surface area contributed by atoms with Crippen molar-refractivity contribution in [3.63, 3.8) is 0 Å². The molecular weight excluding hydrogens is 729 g/mol. The summed E-state index contributed by atoms with van der Waals surface area (Å²) < 4.78 is 103. The van der Waals surface area contributed by atoms with E-state index < -0.39 is 64.5 Å². The van der Waals surface area contributed by atoms with Crippen LogP contribution < -0.4 is 20.4 Å². The molecular formula is C34H46F5N7O6S. The number of alkyl halides is 5. The van der Waals surface area contributed by atoms with E-state index in [1.165, 1.54) is 21.3 Å². The maximum absolute atomic E-state index is 15.9. The van der Waals surface area contributed by atoms with Gasteiger partial charge in [-0.1, -0.05) is 0 Å². The number of aliphatic hydroxyl groups excluding tert-OH is 1. The Hall–Kier alpha value is -3.68. The van der Waals surface area contributed by atoms with Crippen molar-refractivity contribution in [2.75, 3.05) is 49.1 Å². The summed E-state index contributed by atoms with van der Waals surface area (Å²) in [6.07, 6.45) is -10.9. The second kappa shape index (κ2) is 15.6. The number of amides is 2. The number of nitrogens with zero attached hydrogens (tertiary/aromatic N) is 5. The molecule has 5 atom stereocenters. The summed E-state index contributed by atoms with van der Waals surface area (Å²) in [5.74, 6) is 0.0154. The fraction of sp³-hybridized carbons (Fsp3) is 0.647. The first-order valence-corrected chi connectivity index (χ1v) is 18.9. The van der Waals surface area contributed by atoms with E-state index in [1.54, 1.807) is 50.8 Å². The third kappa shape index (κ3) is 10.1. The smallest absolute Gasteiger partial charge is 0.415 e. The SMILES string of the molecule is Cc1cc(C[C@]2(F)CC[C@@H](NC[C@@H](O)C(F)(F)F)C[C@H]2F)nc(N2CCN(S(=O)(=O)c3ccc(N4C[C@H](NC(=O)OC(C)(C)C)CC4=O)cc3)CC2)n1. The van der Waals surface area contributed by atoms with Crippen molar-refractivity contribution < 1.29 is 49.8 Å². The van der Waals surface area contributed by atoms with Gasteiger partial charge in [-0.05, 0) is 77.3 Å². The number of anilines is 2. The molecule has 0 spiro atoms. The second-order valence-corrected chi connectivity index (χ2v) is 16.8. The molecule has 3 fully saturated rings. The number of nitrogens with one attached hydrogen (secondary N) is 2. The van der Waals surface area contributed by atoms with Gasteiger partial charge >= 0.3 is 12.3 Å². The maximum Gasteiger partial charge on any atom is 0.415 e. The first-order valence-electron chi connectivity index (χ1n) is 17.4. The zero-order valence-electron chi connectivity index (χ0n) is 30.0. The molecule has 2 amide bonds. The molecule has 5 rings (SSSR count). The molecule has 2 aliphatic heterocycles. The van der Waals surface area contributed by atoms with Crippen molar-refractivity contribution >= 4 is 33.7 Å². The lowest BCUT2D eigenvalue weighted by atomic mass is 9.79. The van der Waals surface area contributed by atoms with Crippen LogP contribution in [0.2, 0.25) is 0 Å². The molecule has 2 saturated heterocycles. The van der Waals surface area contributed by atoms with E-state index in [0.717, 1.165) is 0 Å². The summed E-state index contributed by atoms with van der Waals surface area (Å²) in [5.41, 5.74) is -1.76. The predicted octanol–water partition coefficient (Wildman–Crippen LogP) is 3.58. The molecule has 1 aliphatic carbocycles. The van der Waals surface area contributed by atoms with Crippen LogP contribution in [0.15, 0.2) is 35.2 Å². The highest BCUT2D eigenvalue weighted by molar-refractivity contribution is 7.89. The van der Waals surface area contributed by atoms with Crippen molar-refractivity contribution in [1.82, 2.24) is 24.9 Å². The summed E-state index contributed by atoms with van der Waals surface area (Å²) in [6, 6.07) is 6.28. The highest BCUT2D eigenvalue weighted by atomic mass is 32.2. The zero-order valence-corrected chi connectivity index (χ0v) is 30.8. The van der Waals surface area contributed by atoms with Crippen LogP contribution in [0.1, 0.15) is 57.8 Å². The summed E-state index contributed by atoms with van der Waals surface area (Å²) in [5, 5.41) is 14.4. The van der Waals surface area contributed by atoms with Crippen molar-refractivity contribution in [2.45, 2.75) is 106 Å². The Kier molecular flexibility index (Phi) is 11.9. The van der Waals surface area contributed by atoms with Crippen molar-refractivity contribution in [3.8, 4) is 0 Å². The Labute approximate surface area is 305 Å². The molecule has 2 aromatic rings. The van der Waals surface area contributed by atoms with Gasteiger partial charge < -0.3 is 30.3 Å². The maximum atomic E-state index is 15.9. The Bertz CT molecular complexity index is 1740. The normalized spacial score (nSPS) is 25.4. The zero-order chi connectivity index (χ0) is 38.9. The lowest BCUT2D eigenvalue weighted by Crippen LogP contribution is -2.51. The van der Waals surface area contributed by atoms with Crippen LogP contribution in [0.3, 0.4) is 0 Å². The van der Waals surface area contributed by atoms with E-state index in [0.29, 0.717) is 11.4 Å². The average Bonchev–Trinajstić information content (AvgIpc) is 3.42. The van der Waals surface area contributed by atoms with Crippen LogP contribution in [0.5, 0.6) is 0 Å². The van der Waals surface area contributed by atoms with Gasteiger partial charge in [0.15, 0.2) is 6.10 Å². The van der Waals surface area contributed by atoms with Crippen LogP contribution in [-0.4, -0.2) is 121 Å². The monoisotopic (exact) mass is 775 g/mol. The number of hydrogen-bond acceptors (Lipinski definition) is 10. The van der Waals surface area contributed by atoms with Crippen LogP contribution in [-0.2, 0) is 26.0 Å². The van der Waals surface area contributed by atoms with Crippen LogP contribution >= 0.6 is 0 Å². The summed E-state index contributed by atoms with van der Waals surface area (Å²) in [4.78, 5) is 37.0. The minimum absolute atomic E-state index is 0.0364. The first kappa shape index (κ1) is 40.5. The number of aliphatic hydroxyl groups is 1. The Morgan fingerprint density at radius 3 is 2.36 bits per heavy atom. The number of halogens is 5. The molecule has 0 unspecified atom stereocenters. The number of ether oxygens (including phenoxy) is 1. The van der Waals surface area contributed by atoms with Crippen LogP contribution in [0, 0.1) is 6.92 Å². The van der Waals surface area contributed by atoms with Gasteiger partial charge in [0.1, 0.15) is 17.4 Å². The molecule has 1 aromatic carbocycles. The molecule has 3 heterocycles. The number of piperazine rings is 1. The number of hydrogen-bond donors (Lipinski definition) is 3.